The first-order chi connectivity index (χ1) is 11.5. The summed E-state index contributed by atoms with van der Waals surface area (Å²) in [6.07, 6.45) is 1.48. The molecular formula is C17H14N4O2S. The second-order valence-electron chi connectivity index (χ2n) is 5.66. The highest BCUT2D eigenvalue weighted by atomic mass is 32.2. The number of nitrogens with zero attached hydrogens (tertiary/aromatic N) is 4. The summed E-state index contributed by atoms with van der Waals surface area (Å²) in [4.78, 5) is 0.294. The minimum Gasteiger partial charge on any atom is -0.223 e. The fourth-order valence-corrected chi connectivity index (χ4v) is 4.00. The maximum Gasteiger partial charge on any atom is 0.185 e. The van der Waals surface area contributed by atoms with Crippen LogP contribution >= 0.6 is 0 Å². The third kappa shape index (κ3) is 2.43. The molecule has 0 radical (unpaired) electrons. The minimum absolute atomic E-state index is 0.176. The van der Waals surface area contributed by atoms with E-state index in [0.717, 1.165) is 16.3 Å². The van der Waals surface area contributed by atoms with Crippen LogP contribution in [-0.2, 0) is 15.6 Å². The summed E-state index contributed by atoms with van der Waals surface area (Å²) in [5, 5.41) is 13.9. The Morgan fingerprint density at radius 1 is 1.00 bits per heavy atom. The van der Waals surface area contributed by atoms with Gasteiger partial charge < -0.3 is 0 Å². The van der Waals surface area contributed by atoms with Gasteiger partial charge in [-0.05, 0) is 19.1 Å². The third-order valence-electron chi connectivity index (χ3n) is 3.94. The fraction of sp³-hybridized carbons (Fsp3) is 0.118. The highest BCUT2D eigenvalue weighted by molar-refractivity contribution is 7.90. The fourth-order valence-electron chi connectivity index (χ4n) is 2.71. The van der Waals surface area contributed by atoms with E-state index < -0.39 is 9.84 Å². The molecule has 2 aromatic carbocycles. The molecule has 7 heteroatoms. The van der Waals surface area contributed by atoms with Gasteiger partial charge in [0, 0.05) is 10.8 Å². The standard InChI is InChI=1S/C17H14N4O2S/c1-12-6-8-13(9-7-12)24(22,23)10-16-14-4-2-3-5-15(14)17-19-18-11-21(17)20-16/h2-9,11H,10H2,1H3. The van der Waals surface area contributed by atoms with Crippen LogP contribution in [-0.4, -0.2) is 28.2 Å². The van der Waals surface area contributed by atoms with Crippen LogP contribution in [0.2, 0.25) is 0 Å². The maximum atomic E-state index is 12.8. The normalized spacial score (nSPS) is 12.0. The quantitative estimate of drug-likeness (QED) is 0.574. The summed E-state index contributed by atoms with van der Waals surface area (Å²) in [5.41, 5.74) is 2.11. The van der Waals surface area contributed by atoms with Gasteiger partial charge in [-0.15, -0.1) is 10.2 Å². The van der Waals surface area contributed by atoms with Gasteiger partial charge in [-0.2, -0.15) is 9.61 Å². The van der Waals surface area contributed by atoms with Crippen molar-refractivity contribution in [2.75, 3.05) is 0 Å². The van der Waals surface area contributed by atoms with Crippen LogP contribution in [0.5, 0.6) is 0 Å². The van der Waals surface area contributed by atoms with Gasteiger partial charge in [0.05, 0.1) is 16.3 Å². The Kier molecular flexibility index (Phi) is 3.31. The highest BCUT2D eigenvalue weighted by Crippen LogP contribution is 2.24. The van der Waals surface area contributed by atoms with E-state index in [4.69, 9.17) is 0 Å². The predicted octanol–water partition coefficient (Wildman–Crippen LogP) is 2.56. The number of hydrogen-bond acceptors (Lipinski definition) is 5. The van der Waals surface area contributed by atoms with Crippen LogP contribution in [0.3, 0.4) is 0 Å². The molecule has 0 saturated heterocycles. The molecule has 0 amide bonds. The SMILES string of the molecule is Cc1ccc(S(=O)(=O)Cc2nn3cnnc3c3ccccc23)cc1. The van der Waals surface area contributed by atoms with Gasteiger partial charge in [-0.3, -0.25) is 0 Å². The first kappa shape index (κ1) is 14.8. The number of aryl methyl sites for hydroxylation is 1. The Morgan fingerprint density at radius 2 is 1.71 bits per heavy atom. The molecule has 0 aliphatic rings. The zero-order valence-electron chi connectivity index (χ0n) is 12.9. The van der Waals surface area contributed by atoms with Crippen molar-refractivity contribution in [3.8, 4) is 0 Å². The molecule has 4 aromatic rings. The molecule has 120 valence electrons. The topological polar surface area (TPSA) is 77.2 Å². The van der Waals surface area contributed by atoms with Crippen LogP contribution in [0.4, 0.5) is 0 Å². The van der Waals surface area contributed by atoms with E-state index in [0.29, 0.717) is 16.2 Å². The molecule has 0 fully saturated rings. The smallest absolute Gasteiger partial charge is 0.185 e. The Labute approximate surface area is 138 Å². The number of benzene rings is 2. The number of aromatic nitrogens is 4. The Bertz CT molecular complexity index is 1150. The molecule has 24 heavy (non-hydrogen) atoms. The summed E-state index contributed by atoms with van der Waals surface area (Å²) < 4.78 is 27.0. The molecule has 6 nitrogen and oxygen atoms in total. The lowest BCUT2D eigenvalue weighted by molar-refractivity contribution is 0.594. The first-order valence-electron chi connectivity index (χ1n) is 7.42. The number of rotatable bonds is 3. The van der Waals surface area contributed by atoms with Crippen molar-refractivity contribution in [2.45, 2.75) is 17.6 Å². The van der Waals surface area contributed by atoms with Crippen LogP contribution < -0.4 is 0 Å². The van der Waals surface area contributed by atoms with E-state index in [1.54, 1.807) is 24.3 Å². The van der Waals surface area contributed by atoms with Crippen molar-refractivity contribution in [2.24, 2.45) is 0 Å². The molecule has 0 unspecified atom stereocenters. The summed E-state index contributed by atoms with van der Waals surface area (Å²) >= 11 is 0. The molecule has 0 N–H and O–H groups in total. The van der Waals surface area contributed by atoms with Gasteiger partial charge in [-0.25, -0.2) is 8.42 Å². The molecule has 2 aromatic heterocycles. The van der Waals surface area contributed by atoms with Crippen LogP contribution in [0.15, 0.2) is 59.8 Å². The number of fused-ring (bicyclic) bond motifs is 3. The zero-order valence-corrected chi connectivity index (χ0v) is 13.7. The molecule has 4 rings (SSSR count). The van der Waals surface area contributed by atoms with E-state index in [1.165, 1.54) is 10.8 Å². The maximum absolute atomic E-state index is 12.8. The van der Waals surface area contributed by atoms with E-state index in [-0.39, 0.29) is 5.75 Å². The lowest BCUT2D eigenvalue weighted by atomic mass is 10.1. The first-order valence-corrected chi connectivity index (χ1v) is 9.07. The van der Waals surface area contributed by atoms with Crippen molar-refractivity contribution < 1.29 is 8.42 Å². The third-order valence-corrected chi connectivity index (χ3v) is 5.59. The van der Waals surface area contributed by atoms with Crippen molar-refractivity contribution >= 4 is 26.3 Å². The average molecular weight is 338 g/mol. The van der Waals surface area contributed by atoms with E-state index in [1.807, 2.05) is 31.2 Å². The monoisotopic (exact) mass is 338 g/mol. The Balaban J connectivity index is 1.88. The molecule has 2 heterocycles. The van der Waals surface area contributed by atoms with Gasteiger partial charge >= 0.3 is 0 Å². The summed E-state index contributed by atoms with van der Waals surface area (Å²) in [5.74, 6) is -0.176. The van der Waals surface area contributed by atoms with Crippen LogP contribution in [0.25, 0.3) is 16.4 Å². The molecule has 0 saturated carbocycles. The Morgan fingerprint density at radius 3 is 2.46 bits per heavy atom. The van der Waals surface area contributed by atoms with Crippen molar-refractivity contribution in [3.05, 3.63) is 66.1 Å². The van der Waals surface area contributed by atoms with Crippen molar-refractivity contribution in [3.63, 3.8) is 0 Å². The van der Waals surface area contributed by atoms with Gasteiger partial charge in [0.25, 0.3) is 0 Å². The summed E-state index contributed by atoms with van der Waals surface area (Å²) in [7, 11) is -3.49. The largest absolute Gasteiger partial charge is 0.223 e. The molecular weight excluding hydrogens is 324 g/mol. The minimum atomic E-state index is -3.49. The summed E-state index contributed by atoms with van der Waals surface area (Å²) in [6.45, 7) is 1.92. The van der Waals surface area contributed by atoms with Gasteiger partial charge in [0.1, 0.15) is 6.33 Å². The predicted molar refractivity (Wildman–Crippen MR) is 90.4 cm³/mol. The Hall–Kier alpha value is -2.80. The van der Waals surface area contributed by atoms with Gasteiger partial charge in [0.15, 0.2) is 15.5 Å². The van der Waals surface area contributed by atoms with E-state index in [9.17, 15) is 8.42 Å². The molecule has 0 aliphatic carbocycles. The molecule has 0 bridgehead atoms. The number of sulfone groups is 1. The van der Waals surface area contributed by atoms with Crippen molar-refractivity contribution in [1.29, 1.82) is 0 Å². The van der Waals surface area contributed by atoms with Gasteiger partial charge in [-0.1, -0.05) is 42.0 Å². The van der Waals surface area contributed by atoms with Crippen molar-refractivity contribution in [1.82, 2.24) is 19.8 Å². The van der Waals surface area contributed by atoms with Crippen LogP contribution in [0, 0.1) is 6.92 Å². The second-order valence-corrected chi connectivity index (χ2v) is 7.65. The number of hydrogen-bond donors (Lipinski definition) is 0. The van der Waals surface area contributed by atoms with Crippen LogP contribution in [0.1, 0.15) is 11.3 Å². The highest BCUT2D eigenvalue weighted by Gasteiger charge is 2.19. The van der Waals surface area contributed by atoms with E-state index in [2.05, 4.69) is 15.3 Å². The summed E-state index contributed by atoms with van der Waals surface area (Å²) in [6, 6.07) is 14.3. The lowest BCUT2D eigenvalue weighted by Gasteiger charge is -2.08. The van der Waals surface area contributed by atoms with E-state index >= 15 is 0 Å². The average Bonchev–Trinajstić information content (AvgIpc) is 3.04. The molecule has 0 atom stereocenters. The second kappa shape index (κ2) is 5.38. The molecule has 0 aliphatic heterocycles. The zero-order chi connectivity index (χ0) is 16.7. The van der Waals surface area contributed by atoms with Gasteiger partial charge in [0.2, 0.25) is 0 Å². The lowest BCUT2D eigenvalue weighted by Crippen LogP contribution is -2.09. The molecule has 0 spiro atoms.